The molecule has 0 saturated carbocycles. The van der Waals surface area contributed by atoms with Gasteiger partial charge in [0.2, 0.25) is 0 Å². The molecule has 0 spiro atoms. The second kappa shape index (κ2) is 5.06. The van der Waals surface area contributed by atoms with Gasteiger partial charge >= 0.3 is 0 Å². The lowest BCUT2D eigenvalue weighted by Gasteiger charge is -2.18. The highest BCUT2D eigenvalue weighted by atomic mass is 16.5. The molecule has 0 aliphatic carbocycles. The standard InChI is InChI=1S/C13H19NO/c1-2-3-9-15-12-6-7-13-11(10-12)5-4-8-14-13/h6-7,10,14H,2-5,8-9H2,1H3. The summed E-state index contributed by atoms with van der Waals surface area (Å²) in [6.07, 6.45) is 4.72. The number of anilines is 1. The van der Waals surface area contributed by atoms with Crippen LogP contribution in [0.2, 0.25) is 0 Å². The van der Waals surface area contributed by atoms with Crippen molar-refractivity contribution in [2.24, 2.45) is 0 Å². The number of benzene rings is 1. The van der Waals surface area contributed by atoms with Crippen LogP contribution in [0.4, 0.5) is 5.69 Å². The molecule has 15 heavy (non-hydrogen) atoms. The molecule has 1 aromatic carbocycles. The van der Waals surface area contributed by atoms with Crippen LogP contribution < -0.4 is 10.1 Å². The van der Waals surface area contributed by atoms with Crippen LogP contribution in [0.15, 0.2) is 18.2 Å². The van der Waals surface area contributed by atoms with Gasteiger partial charge in [-0.15, -0.1) is 0 Å². The van der Waals surface area contributed by atoms with Crippen molar-refractivity contribution in [1.82, 2.24) is 0 Å². The highest BCUT2D eigenvalue weighted by Crippen LogP contribution is 2.26. The van der Waals surface area contributed by atoms with Crippen molar-refractivity contribution in [2.75, 3.05) is 18.5 Å². The van der Waals surface area contributed by atoms with E-state index in [1.54, 1.807) is 0 Å². The van der Waals surface area contributed by atoms with Crippen molar-refractivity contribution in [1.29, 1.82) is 0 Å². The van der Waals surface area contributed by atoms with Gasteiger partial charge in [0.15, 0.2) is 0 Å². The summed E-state index contributed by atoms with van der Waals surface area (Å²) in [6, 6.07) is 6.37. The van der Waals surface area contributed by atoms with Gasteiger partial charge < -0.3 is 10.1 Å². The van der Waals surface area contributed by atoms with Gasteiger partial charge in [0.05, 0.1) is 6.61 Å². The minimum atomic E-state index is 0.836. The molecule has 2 rings (SSSR count). The Morgan fingerprint density at radius 1 is 1.40 bits per heavy atom. The molecule has 0 atom stereocenters. The molecule has 1 N–H and O–H groups in total. The zero-order valence-electron chi connectivity index (χ0n) is 9.38. The molecule has 1 aliphatic heterocycles. The maximum atomic E-state index is 5.68. The Bertz CT molecular complexity index is 322. The number of nitrogens with one attached hydrogen (secondary N) is 1. The van der Waals surface area contributed by atoms with Crippen LogP contribution in [0.1, 0.15) is 31.7 Å². The lowest BCUT2D eigenvalue weighted by Crippen LogP contribution is -2.11. The van der Waals surface area contributed by atoms with E-state index in [4.69, 9.17) is 4.74 Å². The molecule has 1 aliphatic rings. The minimum Gasteiger partial charge on any atom is -0.494 e. The Hall–Kier alpha value is -1.18. The zero-order valence-corrected chi connectivity index (χ0v) is 9.38. The predicted octanol–water partition coefficient (Wildman–Crippen LogP) is 3.22. The largest absolute Gasteiger partial charge is 0.494 e. The summed E-state index contributed by atoms with van der Waals surface area (Å²) in [5.41, 5.74) is 2.68. The summed E-state index contributed by atoms with van der Waals surface area (Å²) < 4.78 is 5.68. The maximum Gasteiger partial charge on any atom is 0.119 e. The normalized spacial score (nSPS) is 14.2. The van der Waals surface area contributed by atoms with E-state index in [9.17, 15) is 0 Å². The van der Waals surface area contributed by atoms with E-state index in [-0.39, 0.29) is 0 Å². The second-order valence-corrected chi connectivity index (χ2v) is 4.05. The second-order valence-electron chi connectivity index (χ2n) is 4.05. The summed E-state index contributed by atoms with van der Waals surface area (Å²) in [7, 11) is 0. The van der Waals surface area contributed by atoms with E-state index < -0.39 is 0 Å². The lowest BCUT2D eigenvalue weighted by atomic mass is 10.0. The Balaban J connectivity index is 2.00. The Labute approximate surface area is 91.6 Å². The zero-order chi connectivity index (χ0) is 10.5. The van der Waals surface area contributed by atoms with Crippen molar-refractivity contribution >= 4 is 5.69 Å². The molecule has 0 unspecified atom stereocenters. The number of unbranched alkanes of at least 4 members (excludes halogenated alkanes) is 1. The SMILES string of the molecule is CCCCOc1ccc2c(c1)CCCN2. The van der Waals surface area contributed by atoms with Crippen molar-refractivity contribution < 1.29 is 4.74 Å². The molecular formula is C13H19NO. The molecule has 0 radical (unpaired) electrons. The molecular weight excluding hydrogens is 186 g/mol. The average molecular weight is 205 g/mol. The van der Waals surface area contributed by atoms with Crippen LogP contribution in [0, 0.1) is 0 Å². The number of ether oxygens (including phenoxy) is 1. The van der Waals surface area contributed by atoms with E-state index in [0.717, 1.165) is 25.3 Å². The monoisotopic (exact) mass is 205 g/mol. The van der Waals surface area contributed by atoms with Gasteiger partial charge in [0, 0.05) is 12.2 Å². The first-order valence-electron chi connectivity index (χ1n) is 5.90. The lowest BCUT2D eigenvalue weighted by molar-refractivity contribution is 0.309. The summed E-state index contributed by atoms with van der Waals surface area (Å²) in [5.74, 6) is 1.02. The van der Waals surface area contributed by atoms with Crippen LogP contribution >= 0.6 is 0 Å². The van der Waals surface area contributed by atoms with Crippen molar-refractivity contribution in [3.8, 4) is 5.75 Å². The van der Waals surface area contributed by atoms with Gasteiger partial charge in [-0.3, -0.25) is 0 Å². The fourth-order valence-corrected chi connectivity index (χ4v) is 1.88. The topological polar surface area (TPSA) is 21.3 Å². The molecule has 0 aromatic heterocycles. The molecule has 1 aromatic rings. The van der Waals surface area contributed by atoms with E-state index in [0.29, 0.717) is 0 Å². The van der Waals surface area contributed by atoms with Gasteiger partial charge in [-0.05, 0) is 43.0 Å². The van der Waals surface area contributed by atoms with E-state index in [1.807, 2.05) is 0 Å². The fourth-order valence-electron chi connectivity index (χ4n) is 1.88. The van der Waals surface area contributed by atoms with Crippen LogP contribution in [-0.2, 0) is 6.42 Å². The fraction of sp³-hybridized carbons (Fsp3) is 0.538. The number of aryl methyl sites for hydroxylation is 1. The quantitative estimate of drug-likeness (QED) is 0.762. The third-order valence-electron chi connectivity index (χ3n) is 2.78. The summed E-state index contributed by atoms with van der Waals surface area (Å²) in [4.78, 5) is 0. The number of rotatable bonds is 4. The first-order valence-corrected chi connectivity index (χ1v) is 5.90. The molecule has 2 heteroatoms. The summed E-state index contributed by atoms with van der Waals surface area (Å²) in [6.45, 7) is 4.12. The van der Waals surface area contributed by atoms with E-state index in [2.05, 4.69) is 30.4 Å². The van der Waals surface area contributed by atoms with Gasteiger partial charge in [-0.2, -0.15) is 0 Å². The summed E-state index contributed by atoms with van der Waals surface area (Å²) in [5, 5.41) is 3.40. The van der Waals surface area contributed by atoms with Gasteiger partial charge in [0.25, 0.3) is 0 Å². The molecule has 0 fully saturated rings. The average Bonchev–Trinajstić information content (AvgIpc) is 2.29. The van der Waals surface area contributed by atoms with E-state index >= 15 is 0 Å². The number of hydrogen-bond acceptors (Lipinski definition) is 2. The van der Waals surface area contributed by atoms with Gasteiger partial charge in [-0.1, -0.05) is 13.3 Å². The predicted molar refractivity (Wildman–Crippen MR) is 63.7 cm³/mol. The number of hydrogen-bond donors (Lipinski definition) is 1. The smallest absolute Gasteiger partial charge is 0.119 e. The molecule has 0 bridgehead atoms. The highest BCUT2D eigenvalue weighted by Gasteiger charge is 2.08. The number of fused-ring (bicyclic) bond motifs is 1. The molecule has 2 nitrogen and oxygen atoms in total. The Morgan fingerprint density at radius 2 is 2.33 bits per heavy atom. The van der Waals surface area contributed by atoms with Crippen molar-refractivity contribution in [3.05, 3.63) is 23.8 Å². The molecule has 1 heterocycles. The third-order valence-corrected chi connectivity index (χ3v) is 2.78. The Kier molecular flexibility index (Phi) is 3.49. The molecule has 0 saturated heterocycles. The van der Waals surface area contributed by atoms with Crippen LogP contribution in [-0.4, -0.2) is 13.2 Å². The van der Waals surface area contributed by atoms with Crippen molar-refractivity contribution in [2.45, 2.75) is 32.6 Å². The van der Waals surface area contributed by atoms with Crippen LogP contribution in [0.3, 0.4) is 0 Å². The maximum absolute atomic E-state index is 5.68. The van der Waals surface area contributed by atoms with Crippen molar-refractivity contribution in [3.63, 3.8) is 0 Å². The van der Waals surface area contributed by atoms with Gasteiger partial charge in [0.1, 0.15) is 5.75 Å². The third kappa shape index (κ3) is 2.65. The van der Waals surface area contributed by atoms with Gasteiger partial charge in [-0.25, -0.2) is 0 Å². The Morgan fingerprint density at radius 3 is 3.20 bits per heavy atom. The minimum absolute atomic E-state index is 0.836. The van der Waals surface area contributed by atoms with Crippen LogP contribution in [0.5, 0.6) is 5.75 Å². The van der Waals surface area contributed by atoms with Crippen LogP contribution in [0.25, 0.3) is 0 Å². The molecule has 82 valence electrons. The first-order chi connectivity index (χ1) is 7.40. The van der Waals surface area contributed by atoms with E-state index in [1.165, 1.54) is 30.5 Å². The summed E-state index contributed by atoms with van der Waals surface area (Å²) >= 11 is 0. The molecule has 0 amide bonds. The first kappa shape index (κ1) is 10.3. The highest BCUT2D eigenvalue weighted by molar-refractivity contribution is 5.55.